The molecule has 1 amide bonds. The molecule has 0 atom stereocenters. The van der Waals surface area contributed by atoms with Crippen molar-refractivity contribution in [3.8, 4) is 11.8 Å². The molecule has 1 aliphatic heterocycles. The fraction of sp³-hybridized carbons (Fsp3) is 0.286. The number of carbonyl (C=O) groups excluding carboxylic acids is 1. The Labute approximate surface area is 166 Å². The van der Waals surface area contributed by atoms with Crippen molar-refractivity contribution < 1.29 is 18.0 Å². The summed E-state index contributed by atoms with van der Waals surface area (Å²) in [6.45, 7) is 4.25. The van der Waals surface area contributed by atoms with E-state index < -0.39 is 11.7 Å². The van der Waals surface area contributed by atoms with Crippen LogP contribution >= 0.6 is 11.6 Å². The van der Waals surface area contributed by atoms with Gasteiger partial charge in [0.15, 0.2) is 0 Å². The smallest absolute Gasteiger partial charge is 0.368 e. The highest BCUT2D eigenvalue weighted by molar-refractivity contribution is 6.30. The summed E-state index contributed by atoms with van der Waals surface area (Å²) in [5, 5.41) is 0.658. The van der Waals surface area contributed by atoms with Crippen LogP contribution in [0.2, 0.25) is 5.02 Å². The van der Waals surface area contributed by atoms with Crippen molar-refractivity contribution in [1.82, 2.24) is 4.90 Å². The summed E-state index contributed by atoms with van der Waals surface area (Å²) in [7, 11) is 0. The van der Waals surface area contributed by atoms with Gasteiger partial charge in [-0.25, -0.2) is 0 Å². The van der Waals surface area contributed by atoms with Gasteiger partial charge in [0, 0.05) is 48.4 Å². The van der Waals surface area contributed by atoms with Crippen molar-refractivity contribution in [2.75, 3.05) is 31.1 Å². The predicted molar refractivity (Wildman–Crippen MR) is 103 cm³/mol. The minimum Gasteiger partial charge on any atom is -0.368 e. The molecule has 0 spiro atoms. The highest BCUT2D eigenvalue weighted by Gasteiger charge is 2.30. The van der Waals surface area contributed by atoms with Gasteiger partial charge in [-0.05, 0) is 42.8 Å². The standard InChI is InChI=1S/C21H18ClF3N2O/c1-15-5-7-18(22)14-19(15)26-9-11-27(12-10-26)20(28)8-6-16-3-2-4-17(13-16)21(23,24)25/h2-5,7,13-14H,9-12H2,1H3. The Kier molecular flexibility index (Phi) is 5.85. The number of halogens is 4. The minimum atomic E-state index is -4.43. The van der Waals surface area contributed by atoms with Crippen LogP contribution in [-0.4, -0.2) is 37.0 Å². The molecule has 2 aromatic carbocycles. The number of amides is 1. The fourth-order valence-corrected chi connectivity index (χ4v) is 3.22. The molecule has 0 saturated carbocycles. The summed E-state index contributed by atoms with van der Waals surface area (Å²) < 4.78 is 38.3. The second kappa shape index (κ2) is 8.15. The highest BCUT2D eigenvalue weighted by atomic mass is 35.5. The Balaban J connectivity index is 1.64. The van der Waals surface area contributed by atoms with Crippen LogP contribution in [0, 0.1) is 18.8 Å². The summed E-state index contributed by atoms with van der Waals surface area (Å²) in [6, 6.07) is 10.4. The van der Waals surface area contributed by atoms with Gasteiger partial charge in [-0.2, -0.15) is 13.2 Å². The van der Waals surface area contributed by atoms with E-state index in [1.807, 2.05) is 25.1 Å². The average Bonchev–Trinajstić information content (AvgIpc) is 2.68. The Bertz CT molecular complexity index is 939. The monoisotopic (exact) mass is 406 g/mol. The molecule has 1 saturated heterocycles. The number of hydrogen-bond acceptors (Lipinski definition) is 2. The van der Waals surface area contributed by atoms with Crippen molar-refractivity contribution in [2.45, 2.75) is 13.1 Å². The number of aryl methyl sites for hydroxylation is 1. The van der Waals surface area contributed by atoms with Gasteiger partial charge < -0.3 is 9.80 Å². The molecular weight excluding hydrogens is 389 g/mol. The molecule has 3 nitrogen and oxygen atoms in total. The molecule has 146 valence electrons. The zero-order valence-electron chi connectivity index (χ0n) is 15.2. The lowest BCUT2D eigenvalue weighted by atomic mass is 10.1. The molecule has 1 aliphatic rings. The van der Waals surface area contributed by atoms with Crippen LogP contribution < -0.4 is 4.90 Å². The predicted octanol–water partition coefficient (Wildman–Crippen LogP) is 4.37. The van der Waals surface area contributed by atoms with Crippen molar-refractivity contribution in [2.24, 2.45) is 0 Å². The maximum absolute atomic E-state index is 12.8. The van der Waals surface area contributed by atoms with E-state index in [2.05, 4.69) is 16.7 Å². The average molecular weight is 407 g/mol. The third kappa shape index (κ3) is 4.79. The minimum absolute atomic E-state index is 0.163. The number of carbonyl (C=O) groups is 1. The molecule has 1 heterocycles. The van der Waals surface area contributed by atoms with E-state index >= 15 is 0 Å². The van der Waals surface area contributed by atoms with Gasteiger partial charge in [0.25, 0.3) is 5.91 Å². The third-order valence-corrected chi connectivity index (χ3v) is 4.82. The highest BCUT2D eigenvalue weighted by Crippen LogP contribution is 2.29. The zero-order valence-corrected chi connectivity index (χ0v) is 15.9. The van der Waals surface area contributed by atoms with Gasteiger partial charge in [0.05, 0.1) is 5.56 Å². The Morgan fingerprint density at radius 3 is 2.46 bits per heavy atom. The first kappa shape index (κ1) is 20.1. The molecule has 28 heavy (non-hydrogen) atoms. The van der Waals surface area contributed by atoms with E-state index in [4.69, 9.17) is 11.6 Å². The molecule has 0 aliphatic carbocycles. The lowest BCUT2D eigenvalue weighted by Gasteiger charge is -2.36. The molecule has 0 N–H and O–H groups in total. The molecule has 0 bridgehead atoms. The largest absolute Gasteiger partial charge is 0.416 e. The van der Waals surface area contributed by atoms with Crippen LogP contribution in [0.4, 0.5) is 18.9 Å². The molecule has 0 radical (unpaired) electrons. The number of piperazine rings is 1. The number of nitrogens with zero attached hydrogens (tertiary/aromatic N) is 2. The quantitative estimate of drug-likeness (QED) is 0.657. The van der Waals surface area contributed by atoms with E-state index in [1.54, 1.807) is 4.90 Å². The lowest BCUT2D eigenvalue weighted by molar-refractivity contribution is -0.137. The summed E-state index contributed by atoms with van der Waals surface area (Å²) >= 11 is 6.07. The van der Waals surface area contributed by atoms with Crippen LogP contribution in [0.3, 0.4) is 0 Å². The topological polar surface area (TPSA) is 23.6 Å². The van der Waals surface area contributed by atoms with E-state index in [1.165, 1.54) is 12.1 Å². The lowest BCUT2D eigenvalue weighted by Crippen LogP contribution is -2.48. The first-order valence-corrected chi connectivity index (χ1v) is 9.11. The summed E-state index contributed by atoms with van der Waals surface area (Å²) in [6.07, 6.45) is -4.43. The van der Waals surface area contributed by atoms with Crippen LogP contribution in [0.15, 0.2) is 42.5 Å². The van der Waals surface area contributed by atoms with Crippen LogP contribution in [0.25, 0.3) is 0 Å². The summed E-state index contributed by atoms with van der Waals surface area (Å²) in [5.74, 6) is 4.60. The van der Waals surface area contributed by atoms with Crippen molar-refractivity contribution in [3.63, 3.8) is 0 Å². The van der Waals surface area contributed by atoms with Gasteiger partial charge in [0.1, 0.15) is 0 Å². The second-order valence-corrected chi connectivity index (χ2v) is 6.98. The normalized spacial score (nSPS) is 14.5. The molecule has 3 rings (SSSR count). The maximum Gasteiger partial charge on any atom is 0.416 e. The number of benzene rings is 2. The molecule has 1 fully saturated rings. The van der Waals surface area contributed by atoms with Gasteiger partial charge in [-0.1, -0.05) is 29.7 Å². The molecular formula is C21H18ClF3N2O. The van der Waals surface area contributed by atoms with Gasteiger partial charge >= 0.3 is 6.18 Å². The van der Waals surface area contributed by atoms with Crippen LogP contribution in [-0.2, 0) is 11.0 Å². The molecule has 7 heteroatoms. The van der Waals surface area contributed by atoms with Gasteiger partial charge in [-0.15, -0.1) is 0 Å². The first-order chi connectivity index (χ1) is 13.2. The molecule has 0 aromatic heterocycles. The zero-order chi connectivity index (χ0) is 20.3. The SMILES string of the molecule is Cc1ccc(Cl)cc1N1CCN(C(=O)C#Cc2cccc(C(F)(F)F)c2)CC1. The van der Waals surface area contributed by atoms with E-state index in [-0.39, 0.29) is 11.5 Å². The van der Waals surface area contributed by atoms with Crippen molar-refractivity contribution in [3.05, 3.63) is 64.2 Å². The van der Waals surface area contributed by atoms with Crippen molar-refractivity contribution in [1.29, 1.82) is 0 Å². The van der Waals surface area contributed by atoms with Crippen molar-refractivity contribution >= 4 is 23.2 Å². The molecule has 2 aromatic rings. The number of anilines is 1. The fourth-order valence-electron chi connectivity index (χ4n) is 3.05. The Hall–Kier alpha value is -2.65. The number of alkyl halides is 3. The van der Waals surface area contributed by atoms with Crippen LogP contribution in [0.5, 0.6) is 0 Å². The number of hydrogen-bond donors (Lipinski definition) is 0. The Morgan fingerprint density at radius 1 is 1.07 bits per heavy atom. The van der Waals surface area contributed by atoms with Gasteiger partial charge in [-0.3, -0.25) is 4.79 Å². The third-order valence-electron chi connectivity index (χ3n) is 4.58. The van der Waals surface area contributed by atoms with E-state index in [9.17, 15) is 18.0 Å². The Morgan fingerprint density at radius 2 is 1.79 bits per heavy atom. The first-order valence-electron chi connectivity index (χ1n) is 8.73. The van der Waals surface area contributed by atoms with E-state index in [0.717, 1.165) is 23.4 Å². The van der Waals surface area contributed by atoms with Gasteiger partial charge in [0.2, 0.25) is 0 Å². The number of rotatable bonds is 1. The second-order valence-electron chi connectivity index (χ2n) is 6.54. The summed E-state index contributed by atoms with van der Waals surface area (Å²) in [5.41, 5.74) is 1.52. The molecule has 0 unspecified atom stereocenters. The summed E-state index contributed by atoms with van der Waals surface area (Å²) in [4.78, 5) is 16.1. The maximum atomic E-state index is 12.8. The van der Waals surface area contributed by atoms with Crippen LogP contribution in [0.1, 0.15) is 16.7 Å². The van der Waals surface area contributed by atoms with E-state index in [0.29, 0.717) is 31.2 Å².